The van der Waals surface area contributed by atoms with E-state index in [-0.39, 0.29) is 6.04 Å². The van der Waals surface area contributed by atoms with Crippen LogP contribution in [-0.4, -0.2) is 18.1 Å². The molecule has 0 amide bonds. The number of rotatable bonds is 4. The van der Waals surface area contributed by atoms with Crippen LogP contribution >= 0.6 is 0 Å². The molecule has 0 aliphatic heterocycles. The topological polar surface area (TPSA) is 61.3 Å². The normalized spacial score (nSPS) is 17.3. The molecular formula is C13H16N2O2. The first kappa shape index (κ1) is 10.6. The standard InChI is InChI=1S/C13H16N2O2/c1-16-9-4-5-11-12(6-9)17-13(15-11)7-10(14)8-2-3-8/h4-6,8,10H,2-3,7,14H2,1H3. The first-order valence-electron chi connectivity index (χ1n) is 5.95. The van der Waals surface area contributed by atoms with Gasteiger partial charge in [-0.1, -0.05) is 0 Å². The molecule has 1 unspecified atom stereocenters. The molecule has 0 bridgehead atoms. The van der Waals surface area contributed by atoms with Crippen LogP contribution in [0.2, 0.25) is 0 Å². The lowest BCUT2D eigenvalue weighted by molar-refractivity contribution is 0.414. The third-order valence-electron chi connectivity index (χ3n) is 3.28. The van der Waals surface area contributed by atoms with Gasteiger partial charge in [-0.3, -0.25) is 0 Å². The molecule has 2 N–H and O–H groups in total. The predicted octanol–water partition coefficient (Wildman–Crippen LogP) is 2.12. The molecule has 1 aromatic carbocycles. The maximum atomic E-state index is 6.06. The van der Waals surface area contributed by atoms with Crippen LogP contribution in [0.15, 0.2) is 22.6 Å². The number of hydrogen-bond donors (Lipinski definition) is 1. The Morgan fingerprint density at radius 3 is 3.06 bits per heavy atom. The Morgan fingerprint density at radius 1 is 1.53 bits per heavy atom. The van der Waals surface area contributed by atoms with Crippen LogP contribution in [0.1, 0.15) is 18.7 Å². The maximum Gasteiger partial charge on any atom is 0.197 e. The number of fused-ring (bicyclic) bond motifs is 1. The van der Waals surface area contributed by atoms with Gasteiger partial charge in [0.05, 0.1) is 7.11 Å². The first-order valence-corrected chi connectivity index (χ1v) is 5.95. The molecule has 1 saturated carbocycles. The summed E-state index contributed by atoms with van der Waals surface area (Å²) in [6.07, 6.45) is 3.21. The van der Waals surface area contributed by atoms with E-state index in [9.17, 15) is 0 Å². The smallest absolute Gasteiger partial charge is 0.197 e. The zero-order valence-corrected chi connectivity index (χ0v) is 9.85. The molecule has 2 aromatic rings. The highest BCUT2D eigenvalue weighted by molar-refractivity contribution is 5.74. The van der Waals surface area contributed by atoms with E-state index in [1.807, 2.05) is 18.2 Å². The van der Waals surface area contributed by atoms with Gasteiger partial charge in [-0.05, 0) is 30.9 Å². The Bertz CT molecular complexity index is 531. The molecule has 1 heterocycles. The molecule has 1 aliphatic rings. The van der Waals surface area contributed by atoms with Crippen molar-refractivity contribution in [2.75, 3.05) is 7.11 Å². The van der Waals surface area contributed by atoms with Crippen molar-refractivity contribution in [3.05, 3.63) is 24.1 Å². The van der Waals surface area contributed by atoms with Crippen molar-refractivity contribution in [2.24, 2.45) is 11.7 Å². The number of benzene rings is 1. The summed E-state index contributed by atoms with van der Waals surface area (Å²) in [6, 6.07) is 5.83. The molecule has 1 fully saturated rings. The van der Waals surface area contributed by atoms with E-state index in [1.54, 1.807) is 7.11 Å². The average Bonchev–Trinajstić information content (AvgIpc) is 3.10. The second-order valence-corrected chi connectivity index (χ2v) is 4.65. The molecule has 4 nitrogen and oxygen atoms in total. The van der Waals surface area contributed by atoms with Gasteiger partial charge >= 0.3 is 0 Å². The summed E-state index contributed by atoms with van der Waals surface area (Å²) in [5.41, 5.74) is 7.69. The van der Waals surface area contributed by atoms with Gasteiger partial charge in [0.2, 0.25) is 0 Å². The second kappa shape index (κ2) is 4.04. The van der Waals surface area contributed by atoms with Crippen molar-refractivity contribution in [2.45, 2.75) is 25.3 Å². The van der Waals surface area contributed by atoms with E-state index in [0.29, 0.717) is 5.92 Å². The summed E-state index contributed by atoms with van der Waals surface area (Å²) in [4.78, 5) is 4.44. The number of ether oxygens (including phenoxy) is 1. The summed E-state index contributed by atoms with van der Waals surface area (Å²) < 4.78 is 10.8. The maximum absolute atomic E-state index is 6.06. The van der Waals surface area contributed by atoms with Gasteiger partial charge in [0.1, 0.15) is 11.3 Å². The van der Waals surface area contributed by atoms with Crippen LogP contribution in [-0.2, 0) is 6.42 Å². The number of nitrogens with zero attached hydrogens (tertiary/aromatic N) is 1. The molecule has 90 valence electrons. The fraction of sp³-hybridized carbons (Fsp3) is 0.462. The fourth-order valence-electron chi connectivity index (χ4n) is 2.06. The lowest BCUT2D eigenvalue weighted by Gasteiger charge is -2.05. The van der Waals surface area contributed by atoms with Crippen LogP contribution in [0.5, 0.6) is 5.75 Å². The molecule has 4 heteroatoms. The number of methoxy groups -OCH3 is 1. The summed E-state index contributed by atoms with van der Waals surface area (Å²) >= 11 is 0. The van der Waals surface area contributed by atoms with Crippen molar-refractivity contribution < 1.29 is 9.15 Å². The van der Waals surface area contributed by atoms with Gasteiger partial charge in [0.25, 0.3) is 0 Å². The Hall–Kier alpha value is -1.55. The van der Waals surface area contributed by atoms with Crippen molar-refractivity contribution in [3.63, 3.8) is 0 Å². The minimum atomic E-state index is 0.185. The summed E-state index contributed by atoms with van der Waals surface area (Å²) in [5.74, 6) is 2.18. The number of aromatic nitrogens is 1. The summed E-state index contributed by atoms with van der Waals surface area (Å²) in [6.45, 7) is 0. The molecule has 0 spiro atoms. The second-order valence-electron chi connectivity index (χ2n) is 4.65. The van der Waals surface area contributed by atoms with Gasteiger partial charge in [0.15, 0.2) is 11.5 Å². The molecule has 1 aliphatic carbocycles. The van der Waals surface area contributed by atoms with Crippen LogP contribution in [0.25, 0.3) is 11.1 Å². The Morgan fingerprint density at radius 2 is 2.35 bits per heavy atom. The van der Waals surface area contributed by atoms with E-state index in [1.165, 1.54) is 12.8 Å². The Balaban J connectivity index is 1.85. The third kappa shape index (κ3) is 2.13. The monoisotopic (exact) mass is 232 g/mol. The van der Waals surface area contributed by atoms with Crippen LogP contribution < -0.4 is 10.5 Å². The minimum absolute atomic E-state index is 0.185. The summed E-state index contributed by atoms with van der Waals surface area (Å²) in [7, 11) is 1.64. The van der Waals surface area contributed by atoms with Crippen LogP contribution in [0.4, 0.5) is 0 Å². The highest BCUT2D eigenvalue weighted by Crippen LogP contribution is 2.33. The molecule has 0 radical (unpaired) electrons. The highest BCUT2D eigenvalue weighted by atomic mass is 16.5. The summed E-state index contributed by atoms with van der Waals surface area (Å²) in [5, 5.41) is 0. The zero-order chi connectivity index (χ0) is 11.8. The van der Waals surface area contributed by atoms with E-state index in [4.69, 9.17) is 14.9 Å². The Kier molecular flexibility index (Phi) is 2.52. The van der Waals surface area contributed by atoms with Gasteiger partial charge < -0.3 is 14.9 Å². The zero-order valence-electron chi connectivity index (χ0n) is 9.85. The molecule has 0 saturated heterocycles. The van der Waals surface area contributed by atoms with Crippen LogP contribution in [0, 0.1) is 5.92 Å². The fourth-order valence-corrected chi connectivity index (χ4v) is 2.06. The molecule has 1 atom stereocenters. The largest absolute Gasteiger partial charge is 0.497 e. The first-order chi connectivity index (χ1) is 8.26. The Labute approximate surface area is 99.8 Å². The van der Waals surface area contributed by atoms with Crippen molar-refractivity contribution in [1.29, 1.82) is 0 Å². The van der Waals surface area contributed by atoms with Crippen molar-refractivity contribution >= 4 is 11.1 Å². The van der Waals surface area contributed by atoms with Gasteiger partial charge in [-0.15, -0.1) is 0 Å². The predicted molar refractivity (Wildman–Crippen MR) is 65.0 cm³/mol. The molecule has 3 rings (SSSR count). The van der Waals surface area contributed by atoms with Gasteiger partial charge in [-0.2, -0.15) is 0 Å². The minimum Gasteiger partial charge on any atom is -0.497 e. The number of hydrogen-bond acceptors (Lipinski definition) is 4. The number of oxazole rings is 1. The van der Waals surface area contributed by atoms with E-state index < -0.39 is 0 Å². The van der Waals surface area contributed by atoms with Crippen molar-refractivity contribution in [1.82, 2.24) is 4.98 Å². The lowest BCUT2D eigenvalue weighted by Crippen LogP contribution is -2.25. The number of nitrogens with two attached hydrogens (primary N) is 1. The van der Waals surface area contributed by atoms with Gasteiger partial charge in [0, 0.05) is 18.5 Å². The lowest BCUT2D eigenvalue weighted by atomic mass is 10.1. The van der Waals surface area contributed by atoms with E-state index in [2.05, 4.69) is 4.98 Å². The molecular weight excluding hydrogens is 216 g/mol. The SMILES string of the molecule is COc1ccc2nc(CC(N)C3CC3)oc2c1. The molecule has 1 aromatic heterocycles. The average molecular weight is 232 g/mol. The quantitative estimate of drug-likeness (QED) is 0.877. The third-order valence-corrected chi connectivity index (χ3v) is 3.28. The van der Waals surface area contributed by atoms with Gasteiger partial charge in [-0.25, -0.2) is 4.98 Å². The van der Waals surface area contributed by atoms with Crippen molar-refractivity contribution in [3.8, 4) is 5.75 Å². The van der Waals surface area contributed by atoms with E-state index in [0.717, 1.165) is 29.2 Å². The van der Waals surface area contributed by atoms with E-state index >= 15 is 0 Å². The van der Waals surface area contributed by atoms with Crippen LogP contribution in [0.3, 0.4) is 0 Å². The molecule has 17 heavy (non-hydrogen) atoms. The highest BCUT2D eigenvalue weighted by Gasteiger charge is 2.29.